The molecule has 0 aromatic heterocycles. The summed E-state index contributed by atoms with van der Waals surface area (Å²) in [5.41, 5.74) is 15.1. The maximum absolute atomic E-state index is 5.76. The van der Waals surface area contributed by atoms with Gasteiger partial charge in [-0.1, -0.05) is 11.8 Å². The molecule has 1 heterocycles. The third kappa shape index (κ3) is 1.47. The highest BCUT2D eigenvalue weighted by Crippen LogP contribution is 2.45. The van der Waals surface area contributed by atoms with Crippen molar-refractivity contribution in [3.05, 3.63) is 36.4 Å². The molecule has 3 rings (SSSR count). The van der Waals surface area contributed by atoms with Gasteiger partial charge in [0.1, 0.15) is 0 Å². The Hall–Kier alpha value is -1.81. The Bertz CT molecular complexity index is 517. The van der Waals surface area contributed by atoms with E-state index < -0.39 is 0 Å². The number of hydrogen-bond donors (Lipinski definition) is 3. The fraction of sp³-hybridized carbons (Fsp3) is 0. The highest BCUT2D eigenvalue weighted by atomic mass is 32.2. The second-order valence-electron chi connectivity index (χ2n) is 3.74. The molecule has 0 fully saturated rings. The molecule has 0 saturated carbocycles. The maximum atomic E-state index is 5.76. The first-order valence-electron chi connectivity index (χ1n) is 4.96. The van der Waals surface area contributed by atoms with Gasteiger partial charge in [-0.05, 0) is 36.4 Å². The molecule has 5 N–H and O–H groups in total. The zero-order valence-electron chi connectivity index (χ0n) is 8.53. The largest absolute Gasteiger partial charge is 0.399 e. The van der Waals surface area contributed by atoms with Gasteiger partial charge in [-0.15, -0.1) is 0 Å². The number of nitrogens with one attached hydrogen (secondary N) is 1. The first kappa shape index (κ1) is 9.42. The molecule has 0 radical (unpaired) electrons. The van der Waals surface area contributed by atoms with E-state index in [-0.39, 0.29) is 0 Å². The lowest BCUT2D eigenvalue weighted by molar-refractivity contribution is 1.32. The van der Waals surface area contributed by atoms with Crippen LogP contribution in [-0.4, -0.2) is 0 Å². The van der Waals surface area contributed by atoms with Crippen molar-refractivity contribution in [1.29, 1.82) is 0 Å². The molecule has 3 nitrogen and oxygen atoms in total. The number of benzene rings is 2. The lowest BCUT2D eigenvalue weighted by atomic mass is 10.2. The molecule has 2 aromatic carbocycles. The monoisotopic (exact) mass is 229 g/mol. The van der Waals surface area contributed by atoms with E-state index in [1.54, 1.807) is 11.8 Å². The summed E-state index contributed by atoms with van der Waals surface area (Å²) in [6.07, 6.45) is 0. The molecule has 0 spiro atoms. The molecule has 0 bridgehead atoms. The Labute approximate surface area is 97.8 Å². The minimum absolute atomic E-state index is 0.763. The molecule has 0 saturated heterocycles. The Morgan fingerprint density at radius 2 is 1.31 bits per heavy atom. The van der Waals surface area contributed by atoms with Crippen LogP contribution in [0.1, 0.15) is 0 Å². The first-order valence-corrected chi connectivity index (χ1v) is 5.78. The summed E-state index contributed by atoms with van der Waals surface area (Å²) in [5.74, 6) is 0. The molecule has 80 valence electrons. The SMILES string of the molecule is Nc1ccc2c(c1)Nc1cc(N)ccc1S2. The van der Waals surface area contributed by atoms with E-state index in [2.05, 4.69) is 5.32 Å². The zero-order chi connectivity index (χ0) is 11.1. The average molecular weight is 229 g/mol. The van der Waals surface area contributed by atoms with Gasteiger partial charge in [-0.2, -0.15) is 0 Å². The van der Waals surface area contributed by atoms with Gasteiger partial charge >= 0.3 is 0 Å². The van der Waals surface area contributed by atoms with Gasteiger partial charge in [0.05, 0.1) is 11.4 Å². The number of rotatable bonds is 0. The van der Waals surface area contributed by atoms with Gasteiger partial charge in [-0.25, -0.2) is 0 Å². The van der Waals surface area contributed by atoms with Crippen molar-refractivity contribution in [2.24, 2.45) is 0 Å². The van der Waals surface area contributed by atoms with Crippen LogP contribution in [-0.2, 0) is 0 Å². The molecule has 1 aliphatic rings. The van der Waals surface area contributed by atoms with Crippen LogP contribution in [0.15, 0.2) is 46.2 Å². The fourth-order valence-corrected chi connectivity index (χ4v) is 2.68. The molecule has 4 heteroatoms. The predicted octanol–water partition coefficient (Wildman–Crippen LogP) is 3.06. The topological polar surface area (TPSA) is 64.1 Å². The van der Waals surface area contributed by atoms with Gasteiger partial charge in [0.15, 0.2) is 0 Å². The van der Waals surface area contributed by atoms with Crippen LogP contribution in [0.2, 0.25) is 0 Å². The van der Waals surface area contributed by atoms with Crippen LogP contribution in [0.5, 0.6) is 0 Å². The Balaban J connectivity index is 2.10. The number of nitrogen functional groups attached to an aromatic ring is 2. The molecule has 0 unspecified atom stereocenters. The summed E-state index contributed by atoms with van der Waals surface area (Å²) >= 11 is 1.73. The fourth-order valence-electron chi connectivity index (χ4n) is 1.73. The first-order chi connectivity index (χ1) is 7.72. The summed E-state index contributed by atoms with van der Waals surface area (Å²) in [6.45, 7) is 0. The molecule has 16 heavy (non-hydrogen) atoms. The molecule has 0 atom stereocenters. The minimum Gasteiger partial charge on any atom is -0.399 e. The van der Waals surface area contributed by atoms with Crippen LogP contribution in [0, 0.1) is 0 Å². The lowest BCUT2D eigenvalue weighted by Crippen LogP contribution is -2.01. The van der Waals surface area contributed by atoms with Crippen molar-refractivity contribution in [3.8, 4) is 0 Å². The average Bonchev–Trinajstić information content (AvgIpc) is 2.26. The van der Waals surface area contributed by atoms with Gasteiger partial charge < -0.3 is 16.8 Å². The van der Waals surface area contributed by atoms with E-state index in [9.17, 15) is 0 Å². The number of fused-ring (bicyclic) bond motifs is 2. The van der Waals surface area contributed by atoms with Crippen LogP contribution < -0.4 is 16.8 Å². The van der Waals surface area contributed by atoms with E-state index >= 15 is 0 Å². The van der Waals surface area contributed by atoms with Crippen molar-refractivity contribution in [2.75, 3.05) is 16.8 Å². The number of anilines is 4. The summed E-state index contributed by atoms with van der Waals surface area (Å²) in [6, 6.07) is 11.8. The van der Waals surface area contributed by atoms with Gasteiger partial charge in [0.2, 0.25) is 0 Å². The molecule has 0 amide bonds. The second kappa shape index (κ2) is 3.35. The molecule has 2 aromatic rings. The normalized spacial score (nSPS) is 12.5. The van der Waals surface area contributed by atoms with Gasteiger partial charge in [0, 0.05) is 21.2 Å². The Morgan fingerprint density at radius 1 is 0.812 bits per heavy atom. The van der Waals surface area contributed by atoms with E-state index in [0.717, 1.165) is 22.7 Å². The Kier molecular flexibility index (Phi) is 1.97. The quantitative estimate of drug-likeness (QED) is 0.518. The zero-order valence-corrected chi connectivity index (χ0v) is 9.34. The van der Waals surface area contributed by atoms with E-state index in [0.29, 0.717) is 0 Å². The second-order valence-corrected chi connectivity index (χ2v) is 4.82. The van der Waals surface area contributed by atoms with E-state index in [1.165, 1.54) is 9.79 Å². The molecular formula is C12H11N3S. The number of hydrogen-bond acceptors (Lipinski definition) is 4. The highest BCUT2D eigenvalue weighted by molar-refractivity contribution is 7.99. The van der Waals surface area contributed by atoms with Crippen molar-refractivity contribution in [1.82, 2.24) is 0 Å². The van der Waals surface area contributed by atoms with E-state index in [1.807, 2.05) is 36.4 Å². The van der Waals surface area contributed by atoms with Crippen LogP contribution >= 0.6 is 11.8 Å². The van der Waals surface area contributed by atoms with Crippen LogP contribution in [0.25, 0.3) is 0 Å². The van der Waals surface area contributed by atoms with Crippen molar-refractivity contribution in [2.45, 2.75) is 9.79 Å². The summed E-state index contributed by atoms with van der Waals surface area (Å²) < 4.78 is 0. The van der Waals surface area contributed by atoms with Crippen LogP contribution in [0.4, 0.5) is 22.7 Å². The van der Waals surface area contributed by atoms with Crippen LogP contribution in [0.3, 0.4) is 0 Å². The van der Waals surface area contributed by atoms with Gasteiger partial charge in [0.25, 0.3) is 0 Å². The Morgan fingerprint density at radius 3 is 1.81 bits per heavy atom. The van der Waals surface area contributed by atoms with Crippen molar-refractivity contribution in [3.63, 3.8) is 0 Å². The maximum Gasteiger partial charge on any atom is 0.0547 e. The highest BCUT2D eigenvalue weighted by Gasteiger charge is 2.15. The lowest BCUT2D eigenvalue weighted by Gasteiger charge is -2.21. The van der Waals surface area contributed by atoms with E-state index in [4.69, 9.17) is 11.5 Å². The van der Waals surface area contributed by atoms with Crippen molar-refractivity contribution < 1.29 is 0 Å². The summed E-state index contributed by atoms with van der Waals surface area (Å²) in [7, 11) is 0. The third-order valence-electron chi connectivity index (χ3n) is 2.50. The summed E-state index contributed by atoms with van der Waals surface area (Å²) in [5, 5.41) is 3.34. The molecule has 1 aliphatic heterocycles. The minimum atomic E-state index is 0.763. The summed E-state index contributed by atoms with van der Waals surface area (Å²) in [4.78, 5) is 2.37. The molecule has 0 aliphatic carbocycles. The standard InChI is InChI=1S/C12H11N3S/c13-7-1-3-11-9(5-7)15-10-6-8(14)2-4-12(10)16-11/h1-6,15H,13-14H2. The molecular weight excluding hydrogens is 218 g/mol. The third-order valence-corrected chi connectivity index (χ3v) is 3.65. The smallest absolute Gasteiger partial charge is 0.0547 e. The number of nitrogens with two attached hydrogens (primary N) is 2. The van der Waals surface area contributed by atoms with Gasteiger partial charge in [-0.3, -0.25) is 0 Å². The predicted molar refractivity (Wildman–Crippen MR) is 69.1 cm³/mol. The van der Waals surface area contributed by atoms with Crippen molar-refractivity contribution >= 4 is 34.5 Å².